The van der Waals surface area contributed by atoms with Crippen LogP contribution in [0.25, 0.3) is 143 Å². The van der Waals surface area contributed by atoms with Crippen LogP contribution in [0.3, 0.4) is 0 Å². The number of benzene rings is 10. The fraction of sp³-hybridized carbons (Fsp3) is 0. The molecule has 0 saturated heterocycles. The summed E-state index contributed by atoms with van der Waals surface area (Å²) in [4.78, 5) is 21.1. The Balaban J connectivity index is 0.997. The fourth-order valence-electron chi connectivity index (χ4n) is 11.1. The quantitative estimate of drug-likeness (QED) is 0.152. The first-order chi connectivity index (χ1) is 37.2. The lowest BCUT2D eigenvalue weighted by Crippen LogP contribution is -1.96. The summed E-state index contributed by atoms with van der Waals surface area (Å²) in [6, 6.07) is 90.0. The van der Waals surface area contributed by atoms with E-state index in [0.717, 1.165) is 100 Å². The first-order valence-corrected chi connectivity index (χ1v) is 26.0. The lowest BCUT2D eigenvalue weighted by atomic mass is 10.0. The van der Waals surface area contributed by atoms with E-state index in [2.05, 4.69) is 240 Å². The molecule has 0 fully saturated rings. The van der Waals surface area contributed by atoms with Crippen LogP contribution in [-0.4, -0.2) is 29.1 Å². The Morgan fingerprint density at radius 2 is 0.560 bits per heavy atom. The number of fused-ring (bicyclic) bond motifs is 11. The van der Waals surface area contributed by atoms with E-state index in [4.69, 9.17) is 19.9 Å². The normalized spacial score (nSPS) is 11.7. The minimum atomic E-state index is 0.682. The largest absolute Gasteiger partial charge is 0.309 e. The van der Waals surface area contributed by atoms with Crippen LogP contribution in [0.15, 0.2) is 255 Å². The summed E-state index contributed by atoms with van der Waals surface area (Å²) in [5, 5.41) is 7.15. The van der Waals surface area contributed by atoms with E-state index >= 15 is 0 Å². The molecule has 15 rings (SSSR count). The number of para-hydroxylation sites is 2. The molecule has 0 spiro atoms. The minimum absolute atomic E-state index is 0.682. The molecule has 0 aliphatic carbocycles. The van der Waals surface area contributed by atoms with Gasteiger partial charge in [0.1, 0.15) is 0 Å². The molecular formula is C68H42N6S. The fourth-order valence-corrected chi connectivity index (χ4v) is 12.5. The first kappa shape index (κ1) is 42.8. The van der Waals surface area contributed by atoms with Gasteiger partial charge in [0.2, 0.25) is 0 Å². The van der Waals surface area contributed by atoms with E-state index in [1.165, 1.54) is 30.9 Å². The Kier molecular flexibility index (Phi) is 9.96. The highest BCUT2D eigenvalue weighted by molar-refractivity contribution is 7.27. The highest BCUT2D eigenvalue weighted by atomic mass is 32.1. The van der Waals surface area contributed by atoms with Crippen molar-refractivity contribution in [2.45, 2.75) is 0 Å². The van der Waals surface area contributed by atoms with Crippen molar-refractivity contribution in [3.05, 3.63) is 255 Å². The highest BCUT2D eigenvalue weighted by Gasteiger charge is 2.23. The van der Waals surface area contributed by atoms with Crippen LogP contribution in [0.4, 0.5) is 0 Å². The van der Waals surface area contributed by atoms with E-state index in [9.17, 15) is 0 Å². The number of nitrogens with zero attached hydrogens (tertiary/aromatic N) is 6. The van der Waals surface area contributed by atoms with Crippen molar-refractivity contribution < 1.29 is 0 Å². The summed E-state index contributed by atoms with van der Waals surface area (Å²) in [5.74, 6) is 1.36. The van der Waals surface area contributed by atoms with Gasteiger partial charge in [0.05, 0.1) is 44.8 Å². The second kappa shape index (κ2) is 17.4. The number of hydrogen-bond donors (Lipinski definition) is 0. The summed E-state index contributed by atoms with van der Waals surface area (Å²) < 4.78 is 7.29. The number of aromatic nitrogens is 6. The molecule has 0 aliphatic rings. The smallest absolute Gasteiger partial charge is 0.160 e. The van der Waals surface area contributed by atoms with Crippen molar-refractivity contribution in [2.24, 2.45) is 0 Å². The average Bonchev–Trinajstić information content (AvgIpc) is 4.26. The molecule has 15 aromatic rings. The van der Waals surface area contributed by atoms with E-state index in [0.29, 0.717) is 11.6 Å². The number of hydrogen-bond acceptors (Lipinski definition) is 5. The van der Waals surface area contributed by atoms with Gasteiger partial charge in [-0.15, -0.1) is 11.3 Å². The van der Waals surface area contributed by atoms with Gasteiger partial charge in [0.15, 0.2) is 11.6 Å². The van der Waals surface area contributed by atoms with E-state index in [1.807, 2.05) is 35.6 Å². The molecule has 10 aromatic carbocycles. The maximum Gasteiger partial charge on any atom is 0.160 e. The maximum absolute atomic E-state index is 5.28. The Bertz CT molecular complexity index is 4250. The van der Waals surface area contributed by atoms with Crippen LogP contribution < -0.4 is 0 Å². The van der Waals surface area contributed by atoms with Gasteiger partial charge in [-0.3, -0.25) is 0 Å². The Morgan fingerprint density at radius 3 is 0.893 bits per heavy atom. The lowest BCUT2D eigenvalue weighted by molar-refractivity contribution is 1.17. The van der Waals surface area contributed by atoms with E-state index < -0.39 is 0 Å². The monoisotopic (exact) mass is 974 g/mol. The van der Waals surface area contributed by atoms with E-state index in [1.54, 1.807) is 0 Å². The van der Waals surface area contributed by atoms with Crippen LogP contribution in [0.2, 0.25) is 0 Å². The predicted molar refractivity (Wildman–Crippen MR) is 312 cm³/mol. The van der Waals surface area contributed by atoms with Crippen molar-refractivity contribution in [2.75, 3.05) is 0 Å². The van der Waals surface area contributed by atoms with Crippen molar-refractivity contribution in [1.29, 1.82) is 0 Å². The third-order valence-corrected chi connectivity index (χ3v) is 15.8. The molecule has 0 N–H and O–H groups in total. The summed E-state index contributed by atoms with van der Waals surface area (Å²) >= 11 is 1.88. The molecule has 350 valence electrons. The molecule has 5 aromatic heterocycles. The first-order valence-electron chi connectivity index (χ1n) is 25.2. The zero-order chi connectivity index (χ0) is 49.4. The molecule has 75 heavy (non-hydrogen) atoms. The standard InChI is InChI=1S/C68H42N6S/c1-7-19-43(20-8-1)55-41-56(44-21-9-2-10-22-44)70-67(69-55)47-31-35-59-53(39-47)63-61(73(59)49-27-15-5-16-28-49)37-33-51-52-34-38-62-64(66(52)75-65(51)63)54-40-48(32-36-60(54)74(62)50-29-17-6-18-30-50)68-71-57(45-23-11-3-12-24-45)42-58(72-68)46-25-13-4-14-26-46/h1-42H. The van der Waals surface area contributed by atoms with Crippen LogP contribution >= 0.6 is 11.3 Å². The van der Waals surface area contributed by atoms with Gasteiger partial charge in [0, 0.05) is 86.5 Å². The summed E-state index contributed by atoms with van der Waals surface area (Å²) in [6.07, 6.45) is 0. The Labute approximate surface area is 435 Å². The van der Waals surface area contributed by atoms with Crippen LogP contribution in [0.5, 0.6) is 0 Å². The molecule has 6 nitrogen and oxygen atoms in total. The zero-order valence-electron chi connectivity index (χ0n) is 40.3. The molecule has 0 saturated carbocycles. The van der Waals surface area contributed by atoms with Crippen LogP contribution in [0.1, 0.15) is 0 Å². The molecular weight excluding hydrogens is 933 g/mol. The summed E-state index contributed by atoms with van der Waals surface area (Å²) in [7, 11) is 0. The second-order valence-corrected chi connectivity index (χ2v) is 20.0. The van der Waals surface area contributed by atoms with Gasteiger partial charge >= 0.3 is 0 Å². The SMILES string of the molecule is c1ccc(-c2cc(-c3ccccc3)nc(-c3ccc4c(c3)c3c5sc6c(ccc7c6c6cc(-c8nc(-c9ccccc9)cc(-c9ccccc9)n8)ccc6n7-c6ccccc6)c5ccc3n4-c3ccccc3)n2)cc1. The molecule has 7 heteroatoms. The zero-order valence-corrected chi connectivity index (χ0v) is 41.2. The van der Waals surface area contributed by atoms with Gasteiger partial charge in [-0.25, -0.2) is 19.9 Å². The average molecular weight is 975 g/mol. The van der Waals surface area contributed by atoms with Gasteiger partial charge in [-0.1, -0.05) is 170 Å². The van der Waals surface area contributed by atoms with Crippen molar-refractivity contribution in [1.82, 2.24) is 29.1 Å². The van der Waals surface area contributed by atoms with Crippen molar-refractivity contribution in [3.8, 4) is 79.2 Å². The molecule has 0 radical (unpaired) electrons. The second-order valence-electron chi connectivity index (χ2n) is 19.0. The summed E-state index contributed by atoms with van der Waals surface area (Å²) in [5.41, 5.74) is 16.4. The topological polar surface area (TPSA) is 61.4 Å². The van der Waals surface area contributed by atoms with E-state index in [-0.39, 0.29) is 0 Å². The van der Waals surface area contributed by atoms with Crippen LogP contribution in [0, 0.1) is 0 Å². The predicted octanol–water partition coefficient (Wildman–Crippen LogP) is 17.8. The third-order valence-electron chi connectivity index (χ3n) is 14.5. The summed E-state index contributed by atoms with van der Waals surface area (Å²) in [6.45, 7) is 0. The number of thiophene rings is 1. The maximum atomic E-state index is 5.28. The molecule has 0 unspecified atom stereocenters. The molecule has 0 amide bonds. The van der Waals surface area contributed by atoms with Crippen molar-refractivity contribution >= 4 is 75.1 Å². The van der Waals surface area contributed by atoms with Gasteiger partial charge < -0.3 is 9.13 Å². The van der Waals surface area contributed by atoms with Gasteiger partial charge in [0.25, 0.3) is 0 Å². The molecule has 5 heterocycles. The highest BCUT2D eigenvalue weighted by Crippen LogP contribution is 2.48. The molecule has 0 bridgehead atoms. The van der Waals surface area contributed by atoms with Crippen molar-refractivity contribution in [3.63, 3.8) is 0 Å². The lowest BCUT2D eigenvalue weighted by Gasteiger charge is -2.10. The van der Waals surface area contributed by atoms with Crippen LogP contribution in [-0.2, 0) is 0 Å². The van der Waals surface area contributed by atoms with Gasteiger partial charge in [-0.05, 0) is 84.9 Å². The Morgan fingerprint density at radius 1 is 0.253 bits per heavy atom. The molecule has 0 aliphatic heterocycles. The molecule has 0 atom stereocenters. The Hall–Kier alpha value is -9.82. The minimum Gasteiger partial charge on any atom is -0.309 e. The third kappa shape index (κ3) is 7.16. The van der Waals surface area contributed by atoms with Gasteiger partial charge in [-0.2, -0.15) is 0 Å². The number of rotatable bonds is 8.